The summed E-state index contributed by atoms with van der Waals surface area (Å²) >= 11 is 0. The standard InChI is InChI=1S/C20H20N2O3/c1-11(2)8-12-9-13-4-3-5-14-18(13)16(10-12)22(20(14)25)15-6-7-17(23)21-19(15)24/h3-5,9-11,15H,6-8H2,1-2H3,(H,21,23,24). The average molecular weight is 336 g/mol. The van der Waals surface area contributed by atoms with E-state index >= 15 is 0 Å². The van der Waals surface area contributed by atoms with Crippen LogP contribution in [0, 0.1) is 5.92 Å². The van der Waals surface area contributed by atoms with Crippen LogP contribution in [0.1, 0.15) is 42.6 Å². The van der Waals surface area contributed by atoms with Crippen LogP contribution in [0.15, 0.2) is 30.3 Å². The molecule has 4 rings (SSSR count). The zero-order valence-corrected chi connectivity index (χ0v) is 14.3. The normalized spacial score (nSPS) is 19.9. The molecule has 0 aromatic heterocycles. The minimum atomic E-state index is -0.630. The fourth-order valence-electron chi connectivity index (χ4n) is 3.90. The van der Waals surface area contributed by atoms with E-state index in [4.69, 9.17) is 0 Å². The number of hydrogen-bond donors (Lipinski definition) is 1. The first-order valence-electron chi connectivity index (χ1n) is 8.68. The second kappa shape index (κ2) is 5.69. The molecule has 2 aromatic carbocycles. The van der Waals surface area contributed by atoms with Crippen molar-refractivity contribution in [3.05, 3.63) is 41.5 Å². The van der Waals surface area contributed by atoms with Gasteiger partial charge in [-0.2, -0.15) is 0 Å². The highest BCUT2D eigenvalue weighted by Gasteiger charge is 2.40. The second-order valence-corrected chi connectivity index (χ2v) is 7.26. The van der Waals surface area contributed by atoms with Crippen LogP contribution in [0.4, 0.5) is 5.69 Å². The number of rotatable bonds is 3. The number of nitrogens with one attached hydrogen (secondary N) is 1. The third-order valence-electron chi connectivity index (χ3n) is 4.89. The van der Waals surface area contributed by atoms with Crippen LogP contribution in [0.25, 0.3) is 10.8 Å². The maximum Gasteiger partial charge on any atom is 0.259 e. The SMILES string of the molecule is CC(C)Cc1cc2c3c(cccc3c1)C(=O)N2C1CCC(=O)NC1=O. The number of benzene rings is 2. The molecule has 3 amide bonds. The quantitative estimate of drug-likeness (QED) is 0.877. The number of anilines is 1. The van der Waals surface area contributed by atoms with Gasteiger partial charge in [-0.1, -0.05) is 32.0 Å². The Balaban J connectivity index is 1.85. The number of carbonyl (C=O) groups excluding carboxylic acids is 3. The summed E-state index contributed by atoms with van der Waals surface area (Å²) in [6, 6.07) is 9.22. The summed E-state index contributed by atoms with van der Waals surface area (Å²) in [4.78, 5) is 38.4. The van der Waals surface area contributed by atoms with Gasteiger partial charge in [0.25, 0.3) is 5.91 Å². The fourth-order valence-corrected chi connectivity index (χ4v) is 3.90. The first kappa shape index (κ1) is 15.8. The van der Waals surface area contributed by atoms with Crippen LogP contribution in [0.2, 0.25) is 0 Å². The van der Waals surface area contributed by atoms with Crippen molar-refractivity contribution in [1.82, 2.24) is 5.32 Å². The van der Waals surface area contributed by atoms with Crippen LogP contribution in [-0.2, 0) is 16.0 Å². The molecule has 2 aromatic rings. The van der Waals surface area contributed by atoms with Gasteiger partial charge in [-0.05, 0) is 41.8 Å². The summed E-state index contributed by atoms with van der Waals surface area (Å²) in [6.07, 6.45) is 1.52. The molecule has 0 bridgehead atoms. The van der Waals surface area contributed by atoms with Crippen molar-refractivity contribution in [2.45, 2.75) is 39.2 Å². The molecule has 2 aliphatic heterocycles. The number of nitrogens with zero attached hydrogens (tertiary/aromatic N) is 1. The predicted molar refractivity (Wildman–Crippen MR) is 95.5 cm³/mol. The van der Waals surface area contributed by atoms with Crippen molar-refractivity contribution in [2.75, 3.05) is 4.90 Å². The Morgan fingerprint density at radius 3 is 2.72 bits per heavy atom. The third-order valence-corrected chi connectivity index (χ3v) is 4.89. The predicted octanol–water partition coefficient (Wildman–Crippen LogP) is 2.80. The molecule has 5 heteroatoms. The highest BCUT2D eigenvalue weighted by atomic mass is 16.2. The Labute approximate surface area is 146 Å². The van der Waals surface area contributed by atoms with Crippen molar-refractivity contribution in [1.29, 1.82) is 0 Å². The molecule has 1 saturated heterocycles. The van der Waals surface area contributed by atoms with Gasteiger partial charge in [0.2, 0.25) is 11.8 Å². The molecular weight excluding hydrogens is 316 g/mol. The number of amides is 3. The van der Waals surface area contributed by atoms with Gasteiger partial charge in [0.1, 0.15) is 6.04 Å². The van der Waals surface area contributed by atoms with Crippen LogP contribution in [-0.4, -0.2) is 23.8 Å². The average Bonchev–Trinajstić information content (AvgIpc) is 2.81. The van der Waals surface area contributed by atoms with Gasteiger partial charge >= 0.3 is 0 Å². The van der Waals surface area contributed by atoms with Gasteiger partial charge in [-0.25, -0.2) is 0 Å². The van der Waals surface area contributed by atoms with E-state index in [1.54, 1.807) is 4.90 Å². The highest BCUT2D eigenvalue weighted by molar-refractivity contribution is 6.27. The molecule has 2 heterocycles. The lowest BCUT2D eigenvalue weighted by Gasteiger charge is -2.30. The lowest BCUT2D eigenvalue weighted by Crippen LogP contribution is -2.53. The van der Waals surface area contributed by atoms with Gasteiger partial charge < -0.3 is 0 Å². The van der Waals surface area contributed by atoms with Gasteiger partial charge in [0, 0.05) is 17.4 Å². The van der Waals surface area contributed by atoms with E-state index in [1.165, 1.54) is 0 Å². The minimum Gasteiger partial charge on any atom is -0.295 e. The molecule has 1 fully saturated rings. The molecule has 1 atom stereocenters. The van der Waals surface area contributed by atoms with E-state index in [1.807, 2.05) is 24.3 Å². The van der Waals surface area contributed by atoms with Crippen molar-refractivity contribution in [3.8, 4) is 0 Å². The zero-order valence-electron chi connectivity index (χ0n) is 14.3. The van der Waals surface area contributed by atoms with Gasteiger partial charge in [0.15, 0.2) is 0 Å². The van der Waals surface area contributed by atoms with Crippen LogP contribution in [0.3, 0.4) is 0 Å². The number of imide groups is 1. The molecule has 0 saturated carbocycles. The van der Waals surface area contributed by atoms with Gasteiger partial charge in [-0.3, -0.25) is 24.6 Å². The fraction of sp³-hybridized carbons (Fsp3) is 0.350. The van der Waals surface area contributed by atoms with Gasteiger partial charge in [0.05, 0.1) is 5.69 Å². The van der Waals surface area contributed by atoms with E-state index < -0.39 is 6.04 Å². The van der Waals surface area contributed by atoms with Crippen LogP contribution in [0.5, 0.6) is 0 Å². The first-order valence-corrected chi connectivity index (χ1v) is 8.68. The molecule has 1 N–H and O–H groups in total. The molecule has 2 aliphatic rings. The monoisotopic (exact) mass is 336 g/mol. The molecule has 25 heavy (non-hydrogen) atoms. The van der Waals surface area contributed by atoms with E-state index in [0.717, 1.165) is 28.4 Å². The molecule has 5 nitrogen and oxygen atoms in total. The maximum absolute atomic E-state index is 13.0. The zero-order chi connectivity index (χ0) is 17.7. The van der Waals surface area contributed by atoms with Crippen LogP contribution >= 0.6 is 0 Å². The van der Waals surface area contributed by atoms with E-state index in [-0.39, 0.29) is 24.1 Å². The summed E-state index contributed by atoms with van der Waals surface area (Å²) in [5, 5.41) is 4.29. The summed E-state index contributed by atoms with van der Waals surface area (Å²) in [6.45, 7) is 4.31. The lowest BCUT2D eigenvalue weighted by atomic mass is 9.97. The molecular formula is C20H20N2O3. The minimum absolute atomic E-state index is 0.156. The Bertz CT molecular complexity index is 917. The Kier molecular flexibility index (Phi) is 3.60. The molecule has 1 unspecified atom stereocenters. The van der Waals surface area contributed by atoms with E-state index in [2.05, 4.69) is 25.2 Å². The molecule has 128 valence electrons. The largest absolute Gasteiger partial charge is 0.295 e. The van der Waals surface area contributed by atoms with E-state index in [9.17, 15) is 14.4 Å². The highest BCUT2D eigenvalue weighted by Crippen LogP contribution is 2.40. The lowest BCUT2D eigenvalue weighted by molar-refractivity contribution is -0.134. The van der Waals surface area contributed by atoms with Crippen molar-refractivity contribution in [3.63, 3.8) is 0 Å². The summed E-state index contributed by atoms with van der Waals surface area (Å²) in [5.74, 6) is -0.324. The second-order valence-electron chi connectivity index (χ2n) is 7.26. The first-order chi connectivity index (χ1) is 12.0. The smallest absolute Gasteiger partial charge is 0.259 e. The Morgan fingerprint density at radius 2 is 2.00 bits per heavy atom. The summed E-state index contributed by atoms with van der Waals surface area (Å²) in [5.41, 5.74) is 2.58. The number of carbonyl (C=O) groups is 3. The third kappa shape index (κ3) is 2.51. The maximum atomic E-state index is 13.0. The van der Waals surface area contributed by atoms with Gasteiger partial charge in [-0.15, -0.1) is 0 Å². The molecule has 0 aliphatic carbocycles. The molecule has 0 radical (unpaired) electrons. The van der Waals surface area contributed by atoms with Crippen molar-refractivity contribution < 1.29 is 14.4 Å². The Morgan fingerprint density at radius 1 is 1.20 bits per heavy atom. The Hall–Kier alpha value is -2.69. The summed E-state index contributed by atoms with van der Waals surface area (Å²) < 4.78 is 0. The van der Waals surface area contributed by atoms with Crippen molar-refractivity contribution >= 4 is 34.2 Å². The van der Waals surface area contributed by atoms with Crippen LogP contribution < -0.4 is 10.2 Å². The van der Waals surface area contributed by atoms with E-state index in [0.29, 0.717) is 17.9 Å². The van der Waals surface area contributed by atoms with Crippen molar-refractivity contribution in [2.24, 2.45) is 5.92 Å². The number of piperidine rings is 1. The molecule has 0 spiro atoms. The number of hydrogen-bond acceptors (Lipinski definition) is 3. The topological polar surface area (TPSA) is 66.5 Å². The summed E-state index contributed by atoms with van der Waals surface area (Å²) in [7, 11) is 0.